The predicted octanol–water partition coefficient (Wildman–Crippen LogP) is 3.69. The first-order chi connectivity index (χ1) is 9.51. The molecule has 0 aliphatic carbocycles. The van der Waals surface area contributed by atoms with Gasteiger partial charge in [-0.25, -0.2) is 0 Å². The molecule has 0 unspecified atom stereocenters. The van der Waals surface area contributed by atoms with Gasteiger partial charge < -0.3 is 15.8 Å². The molecule has 0 amide bonds. The Morgan fingerprint density at radius 2 is 1.65 bits per heavy atom. The molecule has 2 aromatic carbocycles. The van der Waals surface area contributed by atoms with Crippen molar-refractivity contribution in [2.45, 2.75) is 13.8 Å². The highest BCUT2D eigenvalue weighted by atomic mass is 32.1. The van der Waals surface area contributed by atoms with Gasteiger partial charge in [0.05, 0.1) is 7.11 Å². The Bertz CT molecular complexity index is 653. The number of hydrogen-bond donors (Lipinski definition) is 2. The van der Waals surface area contributed by atoms with Crippen LogP contribution in [0.5, 0.6) is 5.75 Å². The number of aryl methyl sites for hydroxylation is 2. The quantitative estimate of drug-likeness (QED) is 0.842. The summed E-state index contributed by atoms with van der Waals surface area (Å²) in [6.07, 6.45) is 0. The number of benzene rings is 2. The summed E-state index contributed by atoms with van der Waals surface area (Å²) in [5.74, 6) is 0.885. The highest BCUT2D eigenvalue weighted by molar-refractivity contribution is 7.80. The summed E-state index contributed by atoms with van der Waals surface area (Å²) >= 11 is 5.01. The third-order valence-corrected chi connectivity index (χ3v) is 3.40. The molecule has 2 aromatic rings. The van der Waals surface area contributed by atoms with Gasteiger partial charge >= 0.3 is 0 Å². The van der Waals surface area contributed by atoms with Gasteiger partial charge in [0.2, 0.25) is 0 Å². The van der Waals surface area contributed by atoms with Crippen molar-refractivity contribution in [1.29, 1.82) is 0 Å². The lowest BCUT2D eigenvalue weighted by Gasteiger charge is -2.12. The molecule has 0 spiro atoms. The Morgan fingerprint density at radius 3 is 2.15 bits per heavy atom. The van der Waals surface area contributed by atoms with Gasteiger partial charge in [-0.15, -0.1) is 0 Å². The van der Waals surface area contributed by atoms with Crippen LogP contribution in [0.3, 0.4) is 0 Å². The lowest BCUT2D eigenvalue weighted by Crippen LogP contribution is -2.11. The van der Waals surface area contributed by atoms with Gasteiger partial charge in [0.15, 0.2) is 0 Å². The van der Waals surface area contributed by atoms with E-state index in [1.165, 1.54) is 0 Å². The van der Waals surface area contributed by atoms with Crippen molar-refractivity contribution in [2.75, 3.05) is 12.4 Å². The predicted molar refractivity (Wildman–Crippen MR) is 88.1 cm³/mol. The Labute approximate surface area is 124 Å². The van der Waals surface area contributed by atoms with E-state index in [1.807, 2.05) is 44.2 Å². The molecule has 20 heavy (non-hydrogen) atoms. The molecule has 4 heteroatoms. The molecule has 0 saturated carbocycles. The average Bonchev–Trinajstić information content (AvgIpc) is 2.38. The molecular weight excluding hydrogens is 268 g/mol. The third-order valence-electron chi connectivity index (χ3n) is 3.18. The molecule has 0 saturated heterocycles. The second kappa shape index (κ2) is 5.92. The molecule has 3 nitrogen and oxygen atoms in total. The van der Waals surface area contributed by atoms with Crippen LogP contribution in [0.15, 0.2) is 36.4 Å². The minimum atomic E-state index is 0.425. The minimum Gasteiger partial charge on any atom is -0.496 e. The molecule has 104 valence electrons. The van der Waals surface area contributed by atoms with Crippen LogP contribution >= 0.6 is 12.2 Å². The molecule has 0 bridgehead atoms. The van der Waals surface area contributed by atoms with E-state index in [1.54, 1.807) is 7.11 Å². The van der Waals surface area contributed by atoms with Crippen LogP contribution in [-0.4, -0.2) is 12.1 Å². The topological polar surface area (TPSA) is 47.3 Å². The number of methoxy groups -OCH3 is 1. The minimum absolute atomic E-state index is 0.425. The van der Waals surface area contributed by atoms with Crippen LogP contribution in [0.2, 0.25) is 0 Å². The summed E-state index contributed by atoms with van der Waals surface area (Å²) in [5.41, 5.74) is 10.8. The van der Waals surface area contributed by atoms with E-state index in [0.29, 0.717) is 4.99 Å². The Balaban J connectivity index is 2.24. The molecule has 0 atom stereocenters. The first kappa shape index (κ1) is 14.3. The third kappa shape index (κ3) is 3.08. The van der Waals surface area contributed by atoms with Gasteiger partial charge in [0.25, 0.3) is 0 Å². The Morgan fingerprint density at radius 1 is 1.05 bits per heavy atom. The van der Waals surface area contributed by atoms with Crippen molar-refractivity contribution in [1.82, 2.24) is 0 Å². The number of nitrogens with two attached hydrogens (primary N) is 1. The average molecular weight is 286 g/mol. The van der Waals surface area contributed by atoms with Gasteiger partial charge in [-0.3, -0.25) is 0 Å². The maximum Gasteiger partial charge on any atom is 0.121 e. The van der Waals surface area contributed by atoms with Gasteiger partial charge in [-0.1, -0.05) is 12.2 Å². The number of thiocarbonyl (C=S) groups is 1. The zero-order valence-corrected chi connectivity index (χ0v) is 12.7. The van der Waals surface area contributed by atoms with Crippen LogP contribution in [0.4, 0.5) is 11.4 Å². The van der Waals surface area contributed by atoms with Crippen LogP contribution in [0.25, 0.3) is 0 Å². The summed E-state index contributed by atoms with van der Waals surface area (Å²) in [4.78, 5) is 0.425. The highest BCUT2D eigenvalue weighted by Gasteiger charge is 2.04. The van der Waals surface area contributed by atoms with E-state index in [-0.39, 0.29) is 0 Å². The van der Waals surface area contributed by atoms with E-state index in [4.69, 9.17) is 22.7 Å². The molecule has 0 aromatic heterocycles. The molecule has 3 N–H and O–H groups in total. The van der Waals surface area contributed by atoms with Gasteiger partial charge in [0.1, 0.15) is 10.7 Å². The maximum absolute atomic E-state index is 5.67. The van der Waals surface area contributed by atoms with Gasteiger partial charge in [-0.2, -0.15) is 0 Å². The number of rotatable bonds is 4. The lowest BCUT2D eigenvalue weighted by molar-refractivity contribution is 0.412. The first-order valence-electron chi connectivity index (χ1n) is 6.33. The van der Waals surface area contributed by atoms with Gasteiger partial charge in [-0.05, 0) is 61.4 Å². The van der Waals surface area contributed by atoms with Crippen molar-refractivity contribution < 1.29 is 4.74 Å². The van der Waals surface area contributed by atoms with E-state index in [9.17, 15) is 0 Å². The molecule has 0 aliphatic heterocycles. The van der Waals surface area contributed by atoms with Crippen molar-refractivity contribution in [3.8, 4) is 5.75 Å². The van der Waals surface area contributed by atoms with Crippen molar-refractivity contribution in [2.24, 2.45) is 5.73 Å². The summed E-state index contributed by atoms with van der Waals surface area (Å²) in [6, 6.07) is 11.9. The molecule has 0 heterocycles. The number of nitrogens with one attached hydrogen (secondary N) is 1. The van der Waals surface area contributed by atoms with E-state index < -0.39 is 0 Å². The highest BCUT2D eigenvalue weighted by Crippen LogP contribution is 2.25. The lowest BCUT2D eigenvalue weighted by atomic mass is 10.1. The molecular formula is C16H18N2OS. The smallest absolute Gasteiger partial charge is 0.121 e. The monoisotopic (exact) mass is 286 g/mol. The Hall–Kier alpha value is -2.07. The summed E-state index contributed by atoms with van der Waals surface area (Å²) in [6.45, 7) is 4.02. The fourth-order valence-electron chi connectivity index (χ4n) is 2.14. The zero-order chi connectivity index (χ0) is 14.7. The second-order valence-electron chi connectivity index (χ2n) is 4.70. The standard InChI is InChI=1S/C16H18N2OS/c1-10-8-12(4-6-14(10)16(17)20)18-13-5-7-15(19-3)11(2)9-13/h4-9,18H,1-3H3,(H2,17,20). The molecule has 0 radical (unpaired) electrons. The second-order valence-corrected chi connectivity index (χ2v) is 5.14. The molecule has 0 fully saturated rings. The van der Waals surface area contributed by atoms with Crippen molar-refractivity contribution >= 4 is 28.6 Å². The SMILES string of the molecule is COc1ccc(Nc2ccc(C(N)=S)c(C)c2)cc1C. The van der Waals surface area contributed by atoms with Crippen LogP contribution in [-0.2, 0) is 0 Å². The molecule has 2 rings (SSSR count). The van der Waals surface area contributed by atoms with Crippen molar-refractivity contribution in [3.05, 3.63) is 53.1 Å². The first-order valence-corrected chi connectivity index (χ1v) is 6.74. The van der Waals surface area contributed by atoms with Crippen LogP contribution < -0.4 is 15.8 Å². The van der Waals surface area contributed by atoms with E-state index >= 15 is 0 Å². The summed E-state index contributed by atoms with van der Waals surface area (Å²) in [5, 5.41) is 3.36. The number of ether oxygens (including phenoxy) is 1. The fraction of sp³-hybridized carbons (Fsp3) is 0.188. The maximum atomic E-state index is 5.67. The zero-order valence-electron chi connectivity index (χ0n) is 11.9. The number of anilines is 2. The normalized spacial score (nSPS) is 10.2. The largest absolute Gasteiger partial charge is 0.496 e. The van der Waals surface area contributed by atoms with Gasteiger partial charge in [0, 0.05) is 16.9 Å². The van der Waals surface area contributed by atoms with Crippen LogP contribution in [0, 0.1) is 13.8 Å². The number of hydrogen-bond acceptors (Lipinski definition) is 3. The summed E-state index contributed by atoms with van der Waals surface area (Å²) in [7, 11) is 1.67. The molecule has 0 aliphatic rings. The van der Waals surface area contributed by atoms with Crippen molar-refractivity contribution in [3.63, 3.8) is 0 Å². The fourth-order valence-corrected chi connectivity index (χ4v) is 2.37. The van der Waals surface area contributed by atoms with Crippen LogP contribution in [0.1, 0.15) is 16.7 Å². The Kier molecular flexibility index (Phi) is 4.25. The van der Waals surface area contributed by atoms with E-state index in [0.717, 1.165) is 33.8 Å². The van der Waals surface area contributed by atoms with E-state index in [2.05, 4.69) is 11.4 Å². The summed E-state index contributed by atoms with van der Waals surface area (Å²) < 4.78 is 5.26.